The number of benzene rings is 1. The molecule has 3 heterocycles. The van der Waals surface area contributed by atoms with Crippen LogP contribution in [0.2, 0.25) is 0 Å². The Morgan fingerprint density at radius 3 is 2.60 bits per heavy atom. The molecule has 154 valence electrons. The van der Waals surface area contributed by atoms with E-state index in [0.717, 1.165) is 34.4 Å². The molecule has 1 amide bonds. The van der Waals surface area contributed by atoms with Crippen LogP contribution in [0.5, 0.6) is 0 Å². The zero-order chi connectivity index (χ0) is 21.3. The van der Waals surface area contributed by atoms with Gasteiger partial charge in [0.25, 0.3) is 5.91 Å². The molecule has 7 nitrogen and oxygen atoms in total. The summed E-state index contributed by atoms with van der Waals surface area (Å²) in [6, 6.07) is 13.5. The van der Waals surface area contributed by atoms with E-state index in [0.29, 0.717) is 12.1 Å². The van der Waals surface area contributed by atoms with Crippen LogP contribution in [0.15, 0.2) is 65.0 Å². The van der Waals surface area contributed by atoms with Crippen molar-refractivity contribution in [3.63, 3.8) is 0 Å². The van der Waals surface area contributed by atoms with Gasteiger partial charge in [-0.25, -0.2) is 8.42 Å². The van der Waals surface area contributed by atoms with Gasteiger partial charge >= 0.3 is 5.76 Å². The molecule has 0 fully saturated rings. The molecule has 4 aromatic rings. The normalized spacial score (nSPS) is 11.8. The van der Waals surface area contributed by atoms with E-state index in [4.69, 9.17) is 0 Å². The van der Waals surface area contributed by atoms with E-state index in [1.54, 1.807) is 24.3 Å². The predicted octanol–water partition coefficient (Wildman–Crippen LogP) is 3.63. The third-order valence-corrected chi connectivity index (χ3v) is 6.80. The van der Waals surface area contributed by atoms with Gasteiger partial charge in [-0.05, 0) is 41.3 Å². The predicted molar refractivity (Wildman–Crippen MR) is 108 cm³/mol. The summed E-state index contributed by atoms with van der Waals surface area (Å²) in [5.74, 6) is -3.60. The van der Waals surface area contributed by atoms with Gasteiger partial charge in [-0.3, -0.25) is 9.20 Å². The number of aromatic nitrogens is 3. The summed E-state index contributed by atoms with van der Waals surface area (Å²) in [4.78, 5) is 11.5. The number of hydrogen-bond acceptors (Lipinski definition) is 6. The Balaban J connectivity index is 1.49. The number of carbonyl (C=O) groups is 1. The molecular formula is C19H14F2N4O3S2. The molecule has 0 radical (unpaired) electrons. The highest BCUT2D eigenvalue weighted by Gasteiger charge is 2.32. The van der Waals surface area contributed by atoms with Gasteiger partial charge in [0.2, 0.25) is 9.84 Å². The zero-order valence-corrected chi connectivity index (χ0v) is 16.8. The van der Waals surface area contributed by atoms with E-state index < -0.39 is 26.4 Å². The molecule has 0 unspecified atom stereocenters. The zero-order valence-electron chi connectivity index (χ0n) is 15.2. The maximum absolute atomic E-state index is 12.8. The summed E-state index contributed by atoms with van der Waals surface area (Å²) >= 11 is 0.786. The molecule has 0 bridgehead atoms. The number of nitrogens with zero attached hydrogens (tertiary/aromatic N) is 3. The van der Waals surface area contributed by atoms with Crippen molar-refractivity contribution in [3.05, 3.63) is 76.4 Å². The van der Waals surface area contributed by atoms with Gasteiger partial charge in [-0.1, -0.05) is 18.2 Å². The molecule has 11 heteroatoms. The topological polar surface area (TPSA) is 93.4 Å². The van der Waals surface area contributed by atoms with Gasteiger partial charge in [0.1, 0.15) is 10.7 Å². The number of nitrogens with one attached hydrogen (secondary N) is 1. The van der Waals surface area contributed by atoms with Gasteiger partial charge in [-0.2, -0.15) is 8.78 Å². The second kappa shape index (κ2) is 7.92. The number of fused-ring (bicyclic) bond motifs is 1. The molecule has 30 heavy (non-hydrogen) atoms. The fraction of sp³-hybridized carbons (Fsp3) is 0.105. The maximum Gasteiger partial charge on any atom is 0.341 e. The first kappa shape index (κ1) is 20.1. The molecule has 0 aliphatic heterocycles. The Bertz CT molecular complexity index is 1320. The van der Waals surface area contributed by atoms with E-state index in [1.807, 2.05) is 28.8 Å². The average molecular weight is 448 g/mol. The highest BCUT2D eigenvalue weighted by atomic mass is 32.2. The number of anilines is 1. The van der Waals surface area contributed by atoms with E-state index in [1.165, 1.54) is 5.38 Å². The van der Waals surface area contributed by atoms with Crippen LogP contribution in [0.3, 0.4) is 0 Å². The van der Waals surface area contributed by atoms with Crippen molar-refractivity contribution in [2.45, 2.75) is 17.1 Å². The third kappa shape index (κ3) is 3.81. The number of alkyl halides is 2. The van der Waals surface area contributed by atoms with Gasteiger partial charge in [0.05, 0.1) is 4.90 Å². The molecule has 0 spiro atoms. The number of pyridine rings is 1. The van der Waals surface area contributed by atoms with Crippen molar-refractivity contribution in [1.82, 2.24) is 14.6 Å². The smallest absolute Gasteiger partial charge is 0.321 e. The van der Waals surface area contributed by atoms with Crippen molar-refractivity contribution in [2.24, 2.45) is 0 Å². The highest BCUT2D eigenvalue weighted by molar-refractivity contribution is 7.92. The van der Waals surface area contributed by atoms with Crippen molar-refractivity contribution in [2.75, 3.05) is 5.32 Å². The molecule has 0 aliphatic carbocycles. The van der Waals surface area contributed by atoms with Gasteiger partial charge < -0.3 is 5.32 Å². The van der Waals surface area contributed by atoms with Crippen LogP contribution >= 0.6 is 11.3 Å². The fourth-order valence-corrected chi connectivity index (χ4v) is 4.93. The molecule has 0 saturated heterocycles. The highest BCUT2D eigenvalue weighted by Crippen LogP contribution is 2.27. The van der Waals surface area contributed by atoms with E-state index in [2.05, 4.69) is 15.5 Å². The minimum absolute atomic E-state index is 0.283. The van der Waals surface area contributed by atoms with E-state index in [9.17, 15) is 22.0 Å². The first-order valence-corrected chi connectivity index (χ1v) is 11.1. The van der Waals surface area contributed by atoms with Crippen LogP contribution in [0.25, 0.3) is 5.65 Å². The Hall–Kier alpha value is -3.18. The van der Waals surface area contributed by atoms with Gasteiger partial charge in [0, 0.05) is 18.3 Å². The van der Waals surface area contributed by atoms with Crippen molar-refractivity contribution < 1.29 is 22.0 Å². The Morgan fingerprint density at radius 2 is 1.87 bits per heavy atom. The van der Waals surface area contributed by atoms with Crippen LogP contribution in [0.4, 0.5) is 14.5 Å². The number of hydrogen-bond donors (Lipinski definition) is 1. The lowest BCUT2D eigenvalue weighted by Crippen LogP contribution is -2.17. The average Bonchev–Trinajstić information content (AvgIpc) is 3.37. The van der Waals surface area contributed by atoms with Gasteiger partial charge in [-0.15, -0.1) is 21.5 Å². The van der Waals surface area contributed by atoms with Crippen molar-refractivity contribution in [3.8, 4) is 0 Å². The largest absolute Gasteiger partial charge is 0.341 e. The fourth-order valence-electron chi connectivity index (χ4n) is 2.87. The lowest BCUT2D eigenvalue weighted by Gasteiger charge is -2.08. The summed E-state index contributed by atoms with van der Waals surface area (Å²) < 4.78 is 51.0. The van der Waals surface area contributed by atoms with E-state index >= 15 is 0 Å². The van der Waals surface area contributed by atoms with Crippen molar-refractivity contribution >= 4 is 38.4 Å². The standard InChI is InChI=1S/C19H14F2N4O3S2/c20-19(21)30(27,28)14-8-10-29-17(14)18(26)22-13-6-4-12(5-7-13)11-16-24-23-15-3-1-2-9-25(15)16/h1-10,19H,11H2,(H,22,26). The summed E-state index contributed by atoms with van der Waals surface area (Å²) in [7, 11) is -4.85. The maximum atomic E-state index is 12.8. The Labute approximate surface area is 173 Å². The number of amides is 1. The molecule has 1 N–H and O–H groups in total. The molecule has 0 saturated carbocycles. The molecule has 0 atom stereocenters. The molecule has 3 aromatic heterocycles. The molecule has 0 aliphatic rings. The van der Waals surface area contributed by atoms with Crippen LogP contribution in [0, 0.1) is 0 Å². The number of rotatable bonds is 6. The van der Waals surface area contributed by atoms with E-state index in [-0.39, 0.29) is 4.88 Å². The molecule has 1 aromatic carbocycles. The third-order valence-electron chi connectivity index (χ3n) is 4.33. The Kier molecular flexibility index (Phi) is 5.31. The number of halogens is 2. The number of carbonyl (C=O) groups excluding carboxylic acids is 1. The minimum atomic E-state index is -4.85. The second-order valence-electron chi connectivity index (χ2n) is 6.29. The molecular weight excluding hydrogens is 434 g/mol. The Morgan fingerprint density at radius 1 is 1.10 bits per heavy atom. The van der Waals surface area contributed by atoms with Crippen LogP contribution in [0.1, 0.15) is 21.1 Å². The summed E-state index contributed by atoms with van der Waals surface area (Å²) in [5, 5.41) is 12.1. The lowest BCUT2D eigenvalue weighted by molar-refractivity contribution is 0.102. The summed E-state index contributed by atoms with van der Waals surface area (Å²) in [6.07, 6.45) is 2.38. The summed E-state index contributed by atoms with van der Waals surface area (Å²) in [5.41, 5.74) is 2.06. The van der Waals surface area contributed by atoms with Crippen molar-refractivity contribution in [1.29, 1.82) is 0 Å². The van der Waals surface area contributed by atoms with Crippen LogP contribution in [-0.4, -0.2) is 34.7 Å². The van der Waals surface area contributed by atoms with Crippen LogP contribution < -0.4 is 5.32 Å². The first-order valence-electron chi connectivity index (χ1n) is 8.65. The monoisotopic (exact) mass is 448 g/mol. The number of thiophene rings is 1. The SMILES string of the molecule is O=C(Nc1ccc(Cc2nnc3ccccn23)cc1)c1sccc1S(=O)(=O)C(F)F. The second-order valence-corrected chi connectivity index (χ2v) is 9.09. The summed E-state index contributed by atoms with van der Waals surface area (Å²) in [6.45, 7) is 0. The van der Waals surface area contributed by atoms with Crippen LogP contribution in [-0.2, 0) is 16.3 Å². The minimum Gasteiger partial charge on any atom is -0.321 e. The number of sulfone groups is 1. The van der Waals surface area contributed by atoms with Gasteiger partial charge in [0.15, 0.2) is 5.65 Å². The molecule has 4 rings (SSSR count). The lowest BCUT2D eigenvalue weighted by atomic mass is 10.1. The quantitative estimate of drug-likeness (QED) is 0.486. The first-order chi connectivity index (χ1) is 14.4.